The number of benzene rings is 1. The van der Waals surface area contributed by atoms with Crippen LogP contribution in [0.5, 0.6) is 0 Å². The fraction of sp³-hybridized carbons (Fsp3) is 0.300. The van der Waals surface area contributed by atoms with Crippen LogP contribution in [0, 0.1) is 0 Å². The van der Waals surface area contributed by atoms with Crippen LogP contribution in [0.3, 0.4) is 0 Å². The topological polar surface area (TPSA) is 46.6 Å². The molecular formula is C10H8F3NO3S. The lowest BCUT2D eigenvalue weighted by molar-refractivity contribution is -0.0423. The molecule has 2 rings (SSSR count). The van der Waals surface area contributed by atoms with Gasteiger partial charge in [-0.3, -0.25) is 0 Å². The Labute approximate surface area is 103 Å². The summed E-state index contributed by atoms with van der Waals surface area (Å²) in [5, 5.41) is 0. The zero-order valence-corrected chi connectivity index (χ0v) is 9.70. The van der Waals surface area contributed by atoms with Crippen LogP contribution >= 0.6 is 0 Å². The SMILES string of the molecule is O=C1OC[C@H](c2ccccc2)N1[S@](=O)C(F)(F)F. The molecular weight excluding hydrogens is 271 g/mol. The predicted molar refractivity (Wildman–Crippen MR) is 56.6 cm³/mol. The van der Waals surface area contributed by atoms with Gasteiger partial charge in [0.1, 0.15) is 12.6 Å². The molecule has 1 aliphatic heterocycles. The van der Waals surface area contributed by atoms with Crippen molar-refractivity contribution in [3.05, 3.63) is 35.9 Å². The second kappa shape index (κ2) is 4.60. The van der Waals surface area contributed by atoms with Gasteiger partial charge in [-0.25, -0.2) is 13.3 Å². The normalized spacial score (nSPS) is 21.8. The third-order valence-corrected chi connectivity index (χ3v) is 3.55. The lowest BCUT2D eigenvalue weighted by Gasteiger charge is -2.21. The van der Waals surface area contributed by atoms with Gasteiger partial charge in [-0.2, -0.15) is 13.2 Å². The number of carbonyl (C=O) groups is 1. The molecule has 0 N–H and O–H groups in total. The highest BCUT2D eigenvalue weighted by atomic mass is 32.2. The number of cyclic esters (lactones) is 1. The smallest absolute Gasteiger partial charge is 0.446 e. The van der Waals surface area contributed by atoms with Gasteiger partial charge in [0.2, 0.25) is 11.0 Å². The number of alkyl halides is 3. The Bertz CT molecular complexity index is 477. The van der Waals surface area contributed by atoms with Gasteiger partial charge in [-0.15, -0.1) is 0 Å². The summed E-state index contributed by atoms with van der Waals surface area (Å²) in [5.74, 6) is 0. The van der Waals surface area contributed by atoms with Gasteiger partial charge in [-0.05, 0) is 5.56 Å². The maximum atomic E-state index is 12.4. The molecule has 0 radical (unpaired) electrons. The molecule has 0 aromatic heterocycles. The van der Waals surface area contributed by atoms with Crippen LogP contribution < -0.4 is 0 Å². The average molecular weight is 279 g/mol. The third kappa shape index (κ3) is 2.33. The van der Waals surface area contributed by atoms with Crippen molar-refractivity contribution >= 4 is 17.1 Å². The molecule has 98 valence electrons. The van der Waals surface area contributed by atoms with E-state index in [0.29, 0.717) is 5.56 Å². The third-order valence-electron chi connectivity index (χ3n) is 2.39. The summed E-state index contributed by atoms with van der Waals surface area (Å²) in [5.41, 5.74) is -4.54. The molecule has 0 bridgehead atoms. The van der Waals surface area contributed by atoms with E-state index >= 15 is 0 Å². The van der Waals surface area contributed by atoms with Crippen molar-refractivity contribution in [1.29, 1.82) is 0 Å². The molecule has 1 heterocycles. The first-order chi connectivity index (χ1) is 8.41. The maximum Gasteiger partial charge on any atom is 0.491 e. The second-order valence-electron chi connectivity index (χ2n) is 3.52. The van der Waals surface area contributed by atoms with E-state index in [1.54, 1.807) is 30.3 Å². The Morgan fingerprint density at radius 1 is 1.28 bits per heavy atom. The molecule has 1 aromatic rings. The first kappa shape index (κ1) is 12.9. The number of hydrogen-bond acceptors (Lipinski definition) is 3. The van der Waals surface area contributed by atoms with E-state index in [1.807, 2.05) is 0 Å². The van der Waals surface area contributed by atoms with E-state index in [2.05, 4.69) is 4.74 Å². The summed E-state index contributed by atoms with van der Waals surface area (Å²) in [4.78, 5) is 11.3. The van der Waals surface area contributed by atoms with Crippen LogP contribution in [0.2, 0.25) is 0 Å². The molecule has 0 saturated carbocycles. The molecule has 0 unspecified atom stereocenters. The van der Waals surface area contributed by atoms with E-state index in [-0.39, 0.29) is 10.9 Å². The van der Waals surface area contributed by atoms with Crippen molar-refractivity contribution in [2.45, 2.75) is 11.6 Å². The number of hydrogen-bond donors (Lipinski definition) is 0. The van der Waals surface area contributed by atoms with Gasteiger partial charge in [0.05, 0.1) is 0 Å². The fourth-order valence-electron chi connectivity index (χ4n) is 1.61. The molecule has 1 fully saturated rings. The Balaban J connectivity index is 2.32. The van der Waals surface area contributed by atoms with Crippen molar-refractivity contribution in [2.75, 3.05) is 6.61 Å². The second-order valence-corrected chi connectivity index (χ2v) is 4.88. The van der Waals surface area contributed by atoms with Crippen molar-refractivity contribution in [3.8, 4) is 0 Å². The Hall–Kier alpha value is -1.57. The summed E-state index contributed by atoms with van der Waals surface area (Å²) in [7, 11) is -3.41. The average Bonchev–Trinajstić information content (AvgIpc) is 2.70. The Morgan fingerprint density at radius 2 is 1.89 bits per heavy atom. The zero-order chi connectivity index (χ0) is 13.3. The quantitative estimate of drug-likeness (QED) is 0.835. The van der Waals surface area contributed by atoms with Crippen molar-refractivity contribution in [2.24, 2.45) is 0 Å². The molecule has 18 heavy (non-hydrogen) atoms. The molecule has 0 aliphatic carbocycles. The largest absolute Gasteiger partial charge is 0.491 e. The molecule has 0 spiro atoms. The Kier molecular flexibility index (Phi) is 3.29. The summed E-state index contributed by atoms with van der Waals surface area (Å²) >= 11 is 0. The van der Waals surface area contributed by atoms with Gasteiger partial charge in [-0.1, -0.05) is 30.3 Å². The molecule has 1 amide bonds. The fourth-order valence-corrected chi connectivity index (χ4v) is 2.44. The van der Waals surface area contributed by atoms with Crippen LogP contribution in [0.15, 0.2) is 30.3 Å². The first-order valence-corrected chi connectivity index (χ1v) is 6.01. The van der Waals surface area contributed by atoms with Crippen molar-refractivity contribution in [1.82, 2.24) is 4.31 Å². The van der Waals surface area contributed by atoms with E-state index in [9.17, 15) is 22.2 Å². The van der Waals surface area contributed by atoms with Crippen LogP contribution in [0.25, 0.3) is 0 Å². The van der Waals surface area contributed by atoms with Crippen LogP contribution in [-0.2, 0) is 15.7 Å². The summed E-state index contributed by atoms with van der Waals surface area (Å²) in [6.45, 7) is -0.245. The van der Waals surface area contributed by atoms with Gasteiger partial charge >= 0.3 is 11.6 Å². The predicted octanol–water partition coefficient (Wildman–Crippen LogP) is 2.36. The van der Waals surface area contributed by atoms with Gasteiger partial charge < -0.3 is 4.74 Å². The van der Waals surface area contributed by atoms with E-state index in [1.165, 1.54) is 0 Å². The van der Waals surface area contributed by atoms with E-state index < -0.39 is 28.6 Å². The number of rotatable bonds is 2. The molecule has 1 saturated heterocycles. The summed E-state index contributed by atoms with van der Waals surface area (Å²) in [6, 6.07) is 7.04. The monoisotopic (exact) mass is 279 g/mol. The van der Waals surface area contributed by atoms with E-state index in [4.69, 9.17) is 0 Å². The number of ether oxygens (including phenoxy) is 1. The minimum Gasteiger partial charge on any atom is -0.446 e. The van der Waals surface area contributed by atoms with Gasteiger partial charge in [0.25, 0.3) is 0 Å². The lowest BCUT2D eigenvalue weighted by Crippen LogP contribution is -2.37. The first-order valence-electron chi connectivity index (χ1n) is 4.91. The Morgan fingerprint density at radius 3 is 2.44 bits per heavy atom. The van der Waals surface area contributed by atoms with E-state index in [0.717, 1.165) is 0 Å². The molecule has 8 heteroatoms. The summed E-state index contributed by atoms with van der Waals surface area (Å²) < 4.78 is 53.3. The standard InChI is InChI=1S/C10H8F3NO3S/c11-10(12,13)18(16)14-8(6-17-9(14)15)7-4-2-1-3-5-7/h1-5,8H,6H2/t8-,18-/m1/s1. The number of halogens is 3. The number of amides is 1. The number of nitrogens with zero attached hydrogens (tertiary/aromatic N) is 1. The van der Waals surface area contributed by atoms with Crippen molar-refractivity contribution < 1.29 is 26.9 Å². The highest BCUT2D eigenvalue weighted by Gasteiger charge is 2.50. The minimum atomic E-state index is -4.99. The highest BCUT2D eigenvalue weighted by molar-refractivity contribution is 7.84. The molecule has 1 aliphatic rings. The minimum absolute atomic E-state index is 0.218. The zero-order valence-electron chi connectivity index (χ0n) is 8.89. The van der Waals surface area contributed by atoms with Gasteiger partial charge in [0.15, 0.2) is 0 Å². The maximum absolute atomic E-state index is 12.4. The highest BCUT2D eigenvalue weighted by Crippen LogP contribution is 2.34. The summed E-state index contributed by atoms with van der Waals surface area (Å²) in [6.07, 6.45) is -1.22. The molecule has 1 aromatic carbocycles. The molecule has 4 nitrogen and oxygen atoms in total. The van der Waals surface area contributed by atoms with Crippen LogP contribution in [-0.4, -0.2) is 26.7 Å². The molecule has 2 atom stereocenters. The van der Waals surface area contributed by atoms with Crippen LogP contribution in [0.1, 0.15) is 11.6 Å². The van der Waals surface area contributed by atoms with Crippen LogP contribution in [0.4, 0.5) is 18.0 Å². The number of carbonyl (C=O) groups excluding carboxylic acids is 1. The lowest BCUT2D eigenvalue weighted by atomic mass is 10.1. The van der Waals surface area contributed by atoms with Gasteiger partial charge in [0, 0.05) is 0 Å². The van der Waals surface area contributed by atoms with Crippen molar-refractivity contribution in [3.63, 3.8) is 0 Å².